The molecule has 0 saturated carbocycles. The Morgan fingerprint density at radius 1 is 0.933 bits per heavy atom. The second-order valence-corrected chi connectivity index (χ2v) is 6.67. The number of hydrogen-bond donors (Lipinski definition) is 1. The number of anilines is 1. The number of hydrogen-bond acceptors (Lipinski definition) is 1. The van der Waals surface area contributed by atoms with Crippen molar-refractivity contribution in [1.29, 1.82) is 0 Å². The number of benzene rings is 2. The van der Waals surface area contributed by atoms with E-state index in [9.17, 15) is 0 Å². The molecule has 0 amide bonds. The third-order valence-corrected chi connectivity index (χ3v) is 4.98. The van der Waals surface area contributed by atoms with Gasteiger partial charge >= 0.3 is 110 Å². The quantitative estimate of drug-likeness (QED) is 0.482. The zero-order chi connectivity index (χ0) is 10.7. The first-order valence-electron chi connectivity index (χ1n) is 4.53. The fourth-order valence-corrected chi connectivity index (χ4v) is 4.03. The first-order valence-corrected chi connectivity index (χ1v) is 7.33. The van der Waals surface area contributed by atoms with E-state index in [1.807, 2.05) is 12.1 Å². The normalized spacial score (nSPS) is 10.2. The molecule has 0 aliphatic rings. The van der Waals surface area contributed by atoms with Crippen LogP contribution in [0.1, 0.15) is 0 Å². The van der Waals surface area contributed by atoms with Crippen molar-refractivity contribution in [2.75, 3.05) is 5.73 Å². The van der Waals surface area contributed by atoms with E-state index in [0.29, 0.717) is 15.0 Å². The van der Waals surface area contributed by atoms with E-state index in [1.54, 1.807) is 0 Å². The molecular formula is C12H10INSe. The summed E-state index contributed by atoms with van der Waals surface area (Å²) in [6.45, 7) is 0. The Balaban J connectivity index is 2.22. The average molecular weight is 374 g/mol. The Morgan fingerprint density at radius 2 is 1.67 bits per heavy atom. The molecule has 0 unspecified atom stereocenters. The first-order chi connectivity index (χ1) is 7.25. The molecular weight excluding hydrogens is 364 g/mol. The van der Waals surface area contributed by atoms with Crippen LogP contribution in [0.25, 0.3) is 0 Å². The van der Waals surface area contributed by atoms with Crippen LogP contribution in [0, 0.1) is 3.57 Å². The van der Waals surface area contributed by atoms with Crippen LogP contribution in [0.2, 0.25) is 0 Å². The molecule has 0 saturated heterocycles. The Kier molecular flexibility index (Phi) is 3.67. The fraction of sp³-hybridized carbons (Fsp3) is 0. The van der Waals surface area contributed by atoms with Crippen molar-refractivity contribution in [2.24, 2.45) is 0 Å². The fourth-order valence-electron chi connectivity index (χ4n) is 1.20. The van der Waals surface area contributed by atoms with Crippen LogP contribution in [-0.4, -0.2) is 15.0 Å². The molecule has 0 heterocycles. The summed E-state index contributed by atoms with van der Waals surface area (Å²) in [6.07, 6.45) is 0. The molecule has 0 aliphatic heterocycles. The Labute approximate surface area is 109 Å². The van der Waals surface area contributed by atoms with E-state index in [1.165, 1.54) is 8.92 Å². The molecule has 76 valence electrons. The summed E-state index contributed by atoms with van der Waals surface area (Å²) in [5.41, 5.74) is 6.65. The van der Waals surface area contributed by atoms with Crippen LogP contribution >= 0.6 is 22.6 Å². The van der Waals surface area contributed by atoms with E-state index >= 15 is 0 Å². The van der Waals surface area contributed by atoms with Gasteiger partial charge in [-0.2, -0.15) is 0 Å². The predicted octanol–water partition coefficient (Wildman–Crippen LogP) is 1.53. The standard InChI is InChI=1S/C12H10INSe/c13-11-8-10(6-7-12(11)14)15-9-4-2-1-3-5-9/h1-8H,14H2. The molecule has 0 radical (unpaired) electrons. The molecule has 2 aromatic carbocycles. The van der Waals surface area contributed by atoms with E-state index in [0.717, 1.165) is 9.26 Å². The molecule has 0 aromatic heterocycles. The van der Waals surface area contributed by atoms with Crippen molar-refractivity contribution < 1.29 is 0 Å². The Hall–Kier alpha value is -0.511. The minimum absolute atomic E-state index is 0.384. The Bertz CT molecular complexity index is 456. The molecule has 1 nitrogen and oxygen atoms in total. The van der Waals surface area contributed by atoms with Crippen molar-refractivity contribution in [2.45, 2.75) is 0 Å². The van der Waals surface area contributed by atoms with Gasteiger partial charge in [0, 0.05) is 0 Å². The van der Waals surface area contributed by atoms with Crippen molar-refractivity contribution in [1.82, 2.24) is 0 Å². The van der Waals surface area contributed by atoms with Gasteiger partial charge in [0.25, 0.3) is 0 Å². The van der Waals surface area contributed by atoms with E-state index < -0.39 is 0 Å². The summed E-state index contributed by atoms with van der Waals surface area (Å²) in [7, 11) is 0. The van der Waals surface area contributed by atoms with Crippen LogP contribution in [0.5, 0.6) is 0 Å². The number of rotatable bonds is 2. The minimum atomic E-state index is 0.384. The number of nitrogen functional groups attached to an aromatic ring is 1. The van der Waals surface area contributed by atoms with Crippen molar-refractivity contribution in [3.63, 3.8) is 0 Å². The van der Waals surface area contributed by atoms with E-state index in [2.05, 4.69) is 59.0 Å². The van der Waals surface area contributed by atoms with Crippen LogP contribution in [0.3, 0.4) is 0 Å². The summed E-state index contributed by atoms with van der Waals surface area (Å²) in [5, 5.41) is 0. The first kappa shape index (κ1) is 11.0. The van der Waals surface area contributed by atoms with Crippen molar-refractivity contribution in [3.05, 3.63) is 52.1 Å². The maximum absolute atomic E-state index is 5.78. The average Bonchev–Trinajstić information content (AvgIpc) is 2.25. The molecule has 0 bridgehead atoms. The molecule has 0 atom stereocenters. The molecule has 0 aliphatic carbocycles. The molecule has 0 spiro atoms. The third-order valence-electron chi connectivity index (χ3n) is 1.95. The zero-order valence-corrected chi connectivity index (χ0v) is 11.9. The van der Waals surface area contributed by atoms with Gasteiger partial charge in [-0.3, -0.25) is 0 Å². The van der Waals surface area contributed by atoms with Crippen LogP contribution in [0.15, 0.2) is 48.5 Å². The number of nitrogens with two attached hydrogens (primary N) is 1. The topological polar surface area (TPSA) is 26.0 Å². The van der Waals surface area contributed by atoms with E-state index in [4.69, 9.17) is 5.73 Å². The maximum atomic E-state index is 5.78. The Morgan fingerprint density at radius 3 is 2.33 bits per heavy atom. The van der Waals surface area contributed by atoms with Crippen LogP contribution in [-0.2, 0) is 0 Å². The summed E-state index contributed by atoms with van der Waals surface area (Å²) in [4.78, 5) is 0. The van der Waals surface area contributed by atoms with Gasteiger partial charge in [0.2, 0.25) is 0 Å². The molecule has 15 heavy (non-hydrogen) atoms. The van der Waals surface area contributed by atoms with Crippen molar-refractivity contribution in [3.8, 4) is 0 Å². The predicted molar refractivity (Wildman–Crippen MR) is 75.0 cm³/mol. The third kappa shape index (κ3) is 2.97. The van der Waals surface area contributed by atoms with Gasteiger partial charge in [-0.15, -0.1) is 0 Å². The summed E-state index contributed by atoms with van der Waals surface area (Å²) >= 11 is 2.66. The van der Waals surface area contributed by atoms with Gasteiger partial charge in [-0.1, -0.05) is 0 Å². The van der Waals surface area contributed by atoms with Gasteiger partial charge in [-0.25, -0.2) is 0 Å². The van der Waals surface area contributed by atoms with Gasteiger partial charge < -0.3 is 0 Å². The second-order valence-electron chi connectivity index (χ2n) is 3.10. The van der Waals surface area contributed by atoms with Gasteiger partial charge in [0.05, 0.1) is 0 Å². The summed E-state index contributed by atoms with van der Waals surface area (Å²) < 4.78 is 3.90. The van der Waals surface area contributed by atoms with Crippen LogP contribution in [0.4, 0.5) is 5.69 Å². The van der Waals surface area contributed by atoms with Crippen LogP contribution < -0.4 is 14.7 Å². The van der Waals surface area contributed by atoms with Crippen molar-refractivity contribution >= 4 is 52.2 Å². The van der Waals surface area contributed by atoms with Gasteiger partial charge in [0.1, 0.15) is 0 Å². The zero-order valence-electron chi connectivity index (χ0n) is 7.98. The monoisotopic (exact) mass is 375 g/mol. The molecule has 2 aromatic rings. The summed E-state index contributed by atoms with van der Waals surface area (Å²) in [6, 6.07) is 16.8. The SMILES string of the molecule is Nc1ccc([Se]c2ccccc2)cc1I. The molecule has 3 heteroatoms. The van der Waals surface area contributed by atoms with Gasteiger partial charge in [-0.05, 0) is 0 Å². The number of halogens is 1. The van der Waals surface area contributed by atoms with E-state index in [-0.39, 0.29) is 0 Å². The summed E-state index contributed by atoms with van der Waals surface area (Å²) in [5.74, 6) is 0. The molecule has 0 fully saturated rings. The van der Waals surface area contributed by atoms with Gasteiger partial charge in [0.15, 0.2) is 0 Å². The molecule has 2 rings (SSSR count). The second kappa shape index (κ2) is 5.01. The molecule has 2 N–H and O–H groups in total.